The maximum atomic E-state index is 12.4. The van der Waals surface area contributed by atoms with Crippen LogP contribution in [-0.4, -0.2) is 34.9 Å². The number of unbranched alkanes of at least 4 members (excludes halogenated alkanes) is 22. The van der Waals surface area contributed by atoms with Crippen LogP contribution in [-0.2, 0) is 4.79 Å². The zero-order chi connectivity index (χ0) is 40.0. The Bertz CT molecular complexity index is 1000. The Kier molecular flexibility index (Phi) is 43.9. The lowest BCUT2D eigenvalue weighted by Crippen LogP contribution is -2.45. The van der Waals surface area contributed by atoms with Crippen LogP contribution in [0.25, 0.3) is 0 Å². The van der Waals surface area contributed by atoms with Gasteiger partial charge in [-0.3, -0.25) is 4.79 Å². The molecule has 0 saturated carbocycles. The molecule has 0 bridgehead atoms. The molecule has 0 rings (SSSR count). The smallest absolute Gasteiger partial charge is 0.220 e. The molecule has 4 nitrogen and oxygen atoms in total. The third-order valence-electron chi connectivity index (χ3n) is 10.1. The zero-order valence-corrected chi connectivity index (χ0v) is 36.2. The predicted octanol–water partition coefficient (Wildman–Crippen LogP) is 14.9. The quantitative estimate of drug-likeness (QED) is 0.0429. The fraction of sp³-hybridized carbons (Fsp3) is 0.706. The van der Waals surface area contributed by atoms with E-state index in [2.05, 4.69) is 92.1 Å². The van der Waals surface area contributed by atoms with Crippen LogP contribution in [0.1, 0.15) is 213 Å². The summed E-state index contributed by atoms with van der Waals surface area (Å²) in [5, 5.41) is 22.9. The largest absolute Gasteiger partial charge is 0.394 e. The number of nitrogens with one attached hydrogen (secondary N) is 1. The second-order valence-electron chi connectivity index (χ2n) is 15.4. The molecule has 0 aliphatic rings. The van der Waals surface area contributed by atoms with Crippen LogP contribution in [0.15, 0.2) is 85.1 Å². The van der Waals surface area contributed by atoms with Crippen molar-refractivity contribution >= 4 is 5.91 Å². The zero-order valence-electron chi connectivity index (χ0n) is 36.2. The van der Waals surface area contributed by atoms with Crippen LogP contribution in [0.4, 0.5) is 0 Å². The highest BCUT2D eigenvalue weighted by Gasteiger charge is 2.17. The van der Waals surface area contributed by atoms with Crippen molar-refractivity contribution in [3.8, 4) is 0 Å². The summed E-state index contributed by atoms with van der Waals surface area (Å²) in [5.41, 5.74) is 0. The summed E-state index contributed by atoms with van der Waals surface area (Å²) in [6, 6.07) is -0.646. The van der Waals surface area contributed by atoms with Crippen LogP contribution in [0.2, 0.25) is 0 Å². The Morgan fingerprint density at radius 1 is 0.455 bits per heavy atom. The highest BCUT2D eigenvalue weighted by molar-refractivity contribution is 5.76. The van der Waals surface area contributed by atoms with Crippen LogP contribution < -0.4 is 5.32 Å². The molecule has 0 spiro atoms. The number of amides is 1. The topological polar surface area (TPSA) is 69.6 Å². The number of rotatable bonds is 41. The van der Waals surface area contributed by atoms with Crippen molar-refractivity contribution in [3.63, 3.8) is 0 Å². The van der Waals surface area contributed by atoms with Crippen molar-refractivity contribution in [2.24, 2.45) is 0 Å². The molecule has 3 N–H and O–H groups in total. The second kappa shape index (κ2) is 46.0. The van der Waals surface area contributed by atoms with Gasteiger partial charge in [0.2, 0.25) is 5.91 Å². The number of allylic oxidation sites excluding steroid dienone is 13. The maximum Gasteiger partial charge on any atom is 0.220 e. The molecule has 0 radical (unpaired) electrons. The van der Waals surface area contributed by atoms with Crippen LogP contribution in [0, 0.1) is 0 Å². The first-order valence-corrected chi connectivity index (χ1v) is 23.3. The average Bonchev–Trinajstić information content (AvgIpc) is 3.19. The van der Waals surface area contributed by atoms with E-state index < -0.39 is 12.1 Å². The molecule has 0 aliphatic carbocycles. The normalized spacial score (nSPS) is 13.7. The summed E-state index contributed by atoms with van der Waals surface area (Å²) in [7, 11) is 0. The van der Waals surface area contributed by atoms with Gasteiger partial charge < -0.3 is 15.5 Å². The van der Waals surface area contributed by atoms with Crippen LogP contribution >= 0.6 is 0 Å². The Morgan fingerprint density at radius 3 is 1.27 bits per heavy atom. The van der Waals surface area contributed by atoms with Gasteiger partial charge in [0, 0.05) is 6.42 Å². The number of aliphatic hydroxyl groups excluding tert-OH is 2. The average molecular weight is 764 g/mol. The molecule has 2 atom stereocenters. The van der Waals surface area contributed by atoms with Gasteiger partial charge >= 0.3 is 0 Å². The summed E-state index contributed by atoms with van der Waals surface area (Å²) in [4.78, 5) is 12.4. The first-order chi connectivity index (χ1) is 27.2. The fourth-order valence-electron chi connectivity index (χ4n) is 6.54. The van der Waals surface area contributed by atoms with Gasteiger partial charge in [0.25, 0.3) is 0 Å². The molecule has 0 heterocycles. The standard InChI is InChI=1S/C51H89NO3/c1-3-5-7-9-11-13-15-17-18-19-20-21-22-23-24-25-26-27-28-29-30-31-32-33-34-35-37-39-41-43-45-47-51(55)52-49(48-53)50(54)46-44-42-40-38-36-16-14-12-10-8-6-4-2/h5,7,10-13,17-18,20-21,36,38,44,46,49-50,53-54H,3-4,6,8-9,14-16,19,22-35,37,39-43,45,47-48H2,1-2H3,(H,52,55)/b7-5-,12-10+,13-11-,18-17-,21-20-,38-36+,46-44+. The van der Waals surface area contributed by atoms with Gasteiger partial charge in [-0.15, -0.1) is 0 Å². The van der Waals surface area contributed by atoms with E-state index in [4.69, 9.17) is 0 Å². The molecular formula is C51H89NO3. The van der Waals surface area contributed by atoms with E-state index in [1.165, 1.54) is 128 Å². The third-order valence-corrected chi connectivity index (χ3v) is 10.1. The van der Waals surface area contributed by atoms with Gasteiger partial charge in [-0.2, -0.15) is 0 Å². The van der Waals surface area contributed by atoms with Gasteiger partial charge in [-0.1, -0.05) is 214 Å². The minimum absolute atomic E-state index is 0.0811. The SMILES string of the molecule is CC/C=C\C/C=C\C/C=C\C/C=C\CCCCCCCCCCCCCCCCCCCCC(=O)NC(CO)C(O)/C=C/CC/C=C/CC/C=C/CCCC. The third kappa shape index (κ3) is 42.6. The van der Waals surface area contributed by atoms with E-state index in [-0.39, 0.29) is 12.5 Å². The molecule has 0 aromatic rings. The molecule has 0 aromatic heterocycles. The van der Waals surface area contributed by atoms with Crippen molar-refractivity contribution in [1.29, 1.82) is 0 Å². The Morgan fingerprint density at radius 2 is 0.818 bits per heavy atom. The Labute approximate surface area is 341 Å². The summed E-state index contributed by atoms with van der Waals surface area (Å²) >= 11 is 0. The molecule has 0 aliphatic heterocycles. The van der Waals surface area contributed by atoms with Crippen molar-refractivity contribution in [2.45, 2.75) is 225 Å². The van der Waals surface area contributed by atoms with E-state index in [0.29, 0.717) is 6.42 Å². The van der Waals surface area contributed by atoms with Gasteiger partial charge in [-0.05, 0) is 77.0 Å². The lowest BCUT2D eigenvalue weighted by atomic mass is 10.0. The lowest BCUT2D eigenvalue weighted by Gasteiger charge is -2.19. The number of carbonyl (C=O) groups is 1. The molecule has 0 saturated heterocycles. The van der Waals surface area contributed by atoms with E-state index in [9.17, 15) is 15.0 Å². The molecule has 55 heavy (non-hydrogen) atoms. The van der Waals surface area contributed by atoms with Gasteiger partial charge in [0.05, 0.1) is 18.8 Å². The van der Waals surface area contributed by atoms with Crippen molar-refractivity contribution in [3.05, 3.63) is 85.1 Å². The predicted molar refractivity (Wildman–Crippen MR) is 243 cm³/mol. The van der Waals surface area contributed by atoms with Crippen molar-refractivity contribution in [1.82, 2.24) is 5.32 Å². The van der Waals surface area contributed by atoms with Gasteiger partial charge in [0.15, 0.2) is 0 Å². The van der Waals surface area contributed by atoms with Crippen molar-refractivity contribution < 1.29 is 15.0 Å². The van der Waals surface area contributed by atoms with E-state index in [1.807, 2.05) is 6.08 Å². The Balaban J connectivity index is 3.51. The van der Waals surface area contributed by atoms with Gasteiger partial charge in [0.1, 0.15) is 0 Å². The summed E-state index contributed by atoms with van der Waals surface area (Å²) in [6.45, 7) is 4.12. The fourth-order valence-corrected chi connectivity index (χ4v) is 6.54. The summed E-state index contributed by atoms with van der Waals surface area (Å²) < 4.78 is 0. The summed E-state index contributed by atoms with van der Waals surface area (Å²) in [6.07, 6.45) is 67.1. The Hall–Kier alpha value is -2.43. The minimum atomic E-state index is -0.871. The monoisotopic (exact) mass is 764 g/mol. The number of aliphatic hydroxyl groups is 2. The van der Waals surface area contributed by atoms with Gasteiger partial charge in [-0.25, -0.2) is 0 Å². The number of hydrogen-bond donors (Lipinski definition) is 3. The highest BCUT2D eigenvalue weighted by atomic mass is 16.3. The van der Waals surface area contributed by atoms with Crippen molar-refractivity contribution in [2.75, 3.05) is 6.61 Å². The second-order valence-corrected chi connectivity index (χ2v) is 15.4. The summed E-state index contributed by atoms with van der Waals surface area (Å²) in [5.74, 6) is -0.0811. The lowest BCUT2D eigenvalue weighted by molar-refractivity contribution is -0.123. The molecule has 0 fully saturated rings. The molecule has 2 unspecified atom stereocenters. The van der Waals surface area contributed by atoms with E-state index in [0.717, 1.165) is 64.2 Å². The number of hydrogen-bond acceptors (Lipinski definition) is 3. The van der Waals surface area contributed by atoms with Crippen LogP contribution in [0.5, 0.6) is 0 Å². The first kappa shape index (κ1) is 52.6. The molecule has 0 aromatic carbocycles. The van der Waals surface area contributed by atoms with E-state index in [1.54, 1.807) is 6.08 Å². The molecule has 316 valence electrons. The highest BCUT2D eigenvalue weighted by Crippen LogP contribution is 2.15. The molecule has 4 heteroatoms. The number of carbonyl (C=O) groups excluding carboxylic acids is 1. The minimum Gasteiger partial charge on any atom is -0.394 e. The molecular weight excluding hydrogens is 675 g/mol. The molecule has 1 amide bonds. The maximum absolute atomic E-state index is 12.4. The van der Waals surface area contributed by atoms with E-state index >= 15 is 0 Å². The first-order valence-electron chi connectivity index (χ1n) is 23.3. The van der Waals surface area contributed by atoms with Crippen LogP contribution in [0.3, 0.4) is 0 Å².